The van der Waals surface area contributed by atoms with E-state index in [0.29, 0.717) is 28.2 Å². The molecule has 0 saturated heterocycles. The van der Waals surface area contributed by atoms with Crippen molar-refractivity contribution in [1.29, 1.82) is 0 Å². The first kappa shape index (κ1) is 13.2. The van der Waals surface area contributed by atoms with Crippen LogP contribution >= 0.6 is 0 Å². The molecule has 0 saturated carbocycles. The highest BCUT2D eigenvalue weighted by Gasteiger charge is 2.19. The lowest BCUT2D eigenvalue weighted by molar-refractivity contribution is 0.343. The first-order valence-electron chi connectivity index (χ1n) is 5.69. The molecule has 0 aliphatic rings. The van der Waals surface area contributed by atoms with E-state index in [-0.39, 0.29) is 5.88 Å². The Morgan fingerprint density at radius 2 is 1.89 bits per heavy atom. The maximum atomic E-state index is 13.6. The molecule has 0 bridgehead atoms. The van der Waals surface area contributed by atoms with Crippen molar-refractivity contribution in [3.63, 3.8) is 0 Å². The molecule has 0 amide bonds. The van der Waals surface area contributed by atoms with E-state index in [0.717, 1.165) is 0 Å². The van der Waals surface area contributed by atoms with Crippen molar-refractivity contribution in [3.05, 3.63) is 23.9 Å². The summed E-state index contributed by atoms with van der Waals surface area (Å²) in [6.45, 7) is 1.44. The second-order valence-corrected chi connectivity index (χ2v) is 4.01. The van der Waals surface area contributed by atoms with Gasteiger partial charge in [-0.05, 0) is 19.1 Å². The fraction of sp³-hybridized carbons (Fsp3) is 0.308. The number of anilines is 1. The maximum Gasteiger partial charge on any atom is 0.230 e. The fourth-order valence-electron chi connectivity index (χ4n) is 1.89. The standard InChI is InChI=1S/C13H15FN2O3/c1-7(14)8-4-12(18-3)9(5-11(8)17-2)10-6-16-19-13(10)15/h4-7H,15H2,1-3H3. The number of nitrogen functional groups attached to an aromatic ring is 1. The number of nitrogens with two attached hydrogens (primary N) is 1. The Labute approximate surface area is 110 Å². The number of nitrogens with zero attached hydrogens (tertiary/aromatic N) is 1. The lowest BCUT2D eigenvalue weighted by atomic mass is 10.0. The summed E-state index contributed by atoms with van der Waals surface area (Å²) in [6.07, 6.45) is 0.309. The van der Waals surface area contributed by atoms with Gasteiger partial charge in [0.25, 0.3) is 0 Å². The van der Waals surface area contributed by atoms with Crippen molar-refractivity contribution < 1.29 is 18.4 Å². The third kappa shape index (κ3) is 2.33. The normalized spacial score (nSPS) is 12.2. The SMILES string of the molecule is COc1cc(C(C)F)c(OC)cc1-c1cnoc1N. The van der Waals surface area contributed by atoms with Gasteiger partial charge in [0.2, 0.25) is 5.88 Å². The van der Waals surface area contributed by atoms with Crippen LogP contribution in [0.4, 0.5) is 10.3 Å². The van der Waals surface area contributed by atoms with Crippen LogP contribution in [0.1, 0.15) is 18.7 Å². The van der Waals surface area contributed by atoms with Gasteiger partial charge in [0, 0.05) is 11.1 Å². The highest BCUT2D eigenvalue weighted by Crippen LogP contribution is 2.40. The highest BCUT2D eigenvalue weighted by molar-refractivity contribution is 5.79. The zero-order valence-electron chi connectivity index (χ0n) is 10.9. The molecule has 2 N–H and O–H groups in total. The summed E-state index contributed by atoms with van der Waals surface area (Å²) in [5.41, 5.74) is 7.32. The molecule has 0 spiro atoms. The van der Waals surface area contributed by atoms with Crippen molar-refractivity contribution >= 4 is 5.88 Å². The minimum atomic E-state index is -1.17. The predicted octanol–water partition coefficient (Wildman–Crippen LogP) is 2.97. The molecule has 1 unspecified atom stereocenters. The van der Waals surface area contributed by atoms with Gasteiger partial charge in [-0.2, -0.15) is 0 Å². The Hall–Kier alpha value is -2.24. The number of hydrogen-bond donors (Lipinski definition) is 1. The van der Waals surface area contributed by atoms with Gasteiger partial charge in [0.1, 0.15) is 17.7 Å². The molecule has 6 heteroatoms. The molecule has 1 aromatic carbocycles. The molecule has 1 heterocycles. The zero-order chi connectivity index (χ0) is 14.0. The van der Waals surface area contributed by atoms with Crippen molar-refractivity contribution in [1.82, 2.24) is 5.16 Å². The molecule has 0 radical (unpaired) electrons. The molecule has 0 fully saturated rings. The van der Waals surface area contributed by atoms with Gasteiger partial charge >= 0.3 is 0 Å². The van der Waals surface area contributed by atoms with Crippen LogP contribution in [0.5, 0.6) is 11.5 Å². The van der Waals surface area contributed by atoms with E-state index in [4.69, 9.17) is 19.7 Å². The minimum absolute atomic E-state index is 0.168. The summed E-state index contributed by atoms with van der Waals surface area (Å²) < 4.78 is 28.9. The summed E-state index contributed by atoms with van der Waals surface area (Å²) in [6, 6.07) is 3.25. The van der Waals surface area contributed by atoms with Gasteiger partial charge in [0.05, 0.1) is 26.0 Å². The zero-order valence-corrected chi connectivity index (χ0v) is 10.9. The summed E-state index contributed by atoms with van der Waals surface area (Å²) in [5.74, 6) is 1.07. The molecule has 102 valence electrons. The number of halogens is 1. The number of aromatic nitrogens is 1. The van der Waals surface area contributed by atoms with E-state index in [1.807, 2.05) is 0 Å². The second-order valence-electron chi connectivity index (χ2n) is 4.01. The molecule has 2 rings (SSSR count). The number of rotatable bonds is 4. The van der Waals surface area contributed by atoms with Crippen LogP contribution in [0.2, 0.25) is 0 Å². The van der Waals surface area contributed by atoms with E-state index in [9.17, 15) is 4.39 Å². The van der Waals surface area contributed by atoms with Crippen molar-refractivity contribution in [2.24, 2.45) is 0 Å². The van der Waals surface area contributed by atoms with Gasteiger partial charge in [-0.1, -0.05) is 5.16 Å². The van der Waals surface area contributed by atoms with E-state index >= 15 is 0 Å². The first-order chi connectivity index (χ1) is 9.08. The maximum absolute atomic E-state index is 13.6. The van der Waals surface area contributed by atoms with Gasteiger partial charge < -0.3 is 19.7 Å². The topological polar surface area (TPSA) is 70.5 Å². The summed E-state index contributed by atoms with van der Waals surface area (Å²) in [5, 5.41) is 3.62. The third-order valence-corrected chi connectivity index (χ3v) is 2.87. The van der Waals surface area contributed by atoms with Crippen LogP contribution in [-0.4, -0.2) is 19.4 Å². The third-order valence-electron chi connectivity index (χ3n) is 2.87. The van der Waals surface area contributed by atoms with Gasteiger partial charge in [-0.15, -0.1) is 0 Å². The largest absolute Gasteiger partial charge is 0.496 e. The van der Waals surface area contributed by atoms with Gasteiger partial charge in [0.15, 0.2) is 0 Å². The molecule has 1 atom stereocenters. The van der Waals surface area contributed by atoms with Crippen LogP contribution in [0.25, 0.3) is 11.1 Å². The Balaban J connectivity index is 2.64. The Kier molecular flexibility index (Phi) is 3.59. The second kappa shape index (κ2) is 5.17. The molecular formula is C13H15FN2O3. The van der Waals surface area contributed by atoms with Crippen LogP contribution < -0.4 is 15.2 Å². The fourth-order valence-corrected chi connectivity index (χ4v) is 1.89. The van der Waals surface area contributed by atoms with Crippen LogP contribution in [0.3, 0.4) is 0 Å². The first-order valence-corrected chi connectivity index (χ1v) is 5.69. The summed E-state index contributed by atoms with van der Waals surface area (Å²) >= 11 is 0. The van der Waals surface area contributed by atoms with Gasteiger partial charge in [-0.3, -0.25) is 0 Å². The molecule has 5 nitrogen and oxygen atoms in total. The van der Waals surface area contributed by atoms with E-state index in [1.165, 1.54) is 27.3 Å². The average molecular weight is 266 g/mol. The van der Waals surface area contributed by atoms with E-state index in [1.54, 1.807) is 12.1 Å². The molecule has 19 heavy (non-hydrogen) atoms. The lowest BCUT2D eigenvalue weighted by Gasteiger charge is -2.15. The van der Waals surface area contributed by atoms with Gasteiger partial charge in [-0.25, -0.2) is 4.39 Å². The molecular weight excluding hydrogens is 251 g/mol. The quantitative estimate of drug-likeness (QED) is 0.921. The molecule has 1 aromatic heterocycles. The minimum Gasteiger partial charge on any atom is -0.496 e. The number of methoxy groups -OCH3 is 2. The van der Waals surface area contributed by atoms with Crippen LogP contribution in [0, 0.1) is 0 Å². The molecule has 2 aromatic rings. The summed E-state index contributed by atoms with van der Waals surface area (Å²) in [7, 11) is 2.98. The Bertz CT molecular complexity index is 581. The van der Waals surface area contributed by atoms with Crippen LogP contribution in [0.15, 0.2) is 22.9 Å². The molecule has 0 aliphatic carbocycles. The number of ether oxygens (including phenoxy) is 2. The number of alkyl halides is 1. The van der Waals surface area contributed by atoms with E-state index < -0.39 is 6.17 Å². The summed E-state index contributed by atoms with van der Waals surface area (Å²) in [4.78, 5) is 0. The average Bonchev–Trinajstić information content (AvgIpc) is 2.83. The van der Waals surface area contributed by atoms with Crippen molar-refractivity contribution in [2.45, 2.75) is 13.1 Å². The number of hydrogen-bond acceptors (Lipinski definition) is 5. The van der Waals surface area contributed by atoms with Crippen molar-refractivity contribution in [3.8, 4) is 22.6 Å². The Morgan fingerprint density at radius 3 is 2.37 bits per heavy atom. The highest BCUT2D eigenvalue weighted by atomic mass is 19.1. The van der Waals surface area contributed by atoms with Crippen LogP contribution in [-0.2, 0) is 0 Å². The lowest BCUT2D eigenvalue weighted by Crippen LogP contribution is -1.98. The molecule has 0 aliphatic heterocycles. The number of benzene rings is 1. The van der Waals surface area contributed by atoms with Crippen molar-refractivity contribution in [2.75, 3.05) is 20.0 Å². The monoisotopic (exact) mass is 266 g/mol. The van der Waals surface area contributed by atoms with E-state index in [2.05, 4.69) is 5.16 Å². The smallest absolute Gasteiger partial charge is 0.230 e. The predicted molar refractivity (Wildman–Crippen MR) is 69.0 cm³/mol. The Morgan fingerprint density at radius 1 is 1.21 bits per heavy atom.